The number of anilines is 1. The predicted molar refractivity (Wildman–Crippen MR) is 140 cm³/mol. The van der Waals surface area contributed by atoms with Crippen LogP contribution in [0.2, 0.25) is 0 Å². The Morgan fingerprint density at radius 1 is 0.973 bits per heavy atom. The molecule has 3 amide bonds. The van der Waals surface area contributed by atoms with Crippen LogP contribution in [0.15, 0.2) is 60.8 Å². The molecule has 0 aliphatic heterocycles. The van der Waals surface area contributed by atoms with Gasteiger partial charge in [0, 0.05) is 42.2 Å². The molecule has 194 valence electrons. The van der Waals surface area contributed by atoms with Crippen LogP contribution in [0.25, 0.3) is 10.9 Å². The maximum absolute atomic E-state index is 13.4. The van der Waals surface area contributed by atoms with Crippen molar-refractivity contribution in [3.63, 3.8) is 0 Å². The number of H-pyrrole nitrogens is 1. The molecule has 0 bridgehead atoms. The minimum Gasteiger partial charge on any atom is -0.372 e. The maximum atomic E-state index is 13.4. The lowest BCUT2D eigenvalue weighted by Gasteiger charge is -2.23. The van der Waals surface area contributed by atoms with E-state index in [1.54, 1.807) is 43.5 Å². The van der Waals surface area contributed by atoms with Crippen molar-refractivity contribution in [2.45, 2.75) is 38.3 Å². The molecule has 1 heterocycles. The monoisotopic (exact) mass is 505 g/mol. The Labute approximate surface area is 214 Å². The molecule has 0 spiro atoms. The number of amides is 3. The highest BCUT2D eigenvalue weighted by molar-refractivity contribution is 6.26. The molecular formula is C27H31N5O5. The minimum absolute atomic E-state index is 0.00861. The molecule has 2 atom stereocenters. The maximum Gasteiger partial charge on any atom is 0.246 e. The van der Waals surface area contributed by atoms with E-state index < -0.39 is 35.6 Å². The lowest BCUT2D eigenvalue weighted by Crippen LogP contribution is -2.54. The summed E-state index contributed by atoms with van der Waals surface area (Å²) < 4.78 is 5.17. The number of rotatable bonds is 14. The van der Waals surface area contributed by atoms with E-state index in [4.69, 9.17) is 10.1 Å². The molecule has 3 aromatic rings. The summed E-state index contributed by atoms with van der Waals surface area (Å²) in [5.74, 6) is -2.02. The number of nitrogens with one attached hydrogen (secondary N) is 5. The zero-order chi connectivity index (χ0) is 26.6. The second-order valence-electron chi connectivity index (χ2n) is 8.39. The Balaban J connectivity index is 1.80. The van der Waals surface area contributed by atoms with Gasteiger partial charge in [0.25, 0.3) is 0 Å². The Hall–Kier alpha value is -4.31. The topological polar surface area (TPSA) is 153 Å². The first-order valence-electron chi connectivity index (χ1n) is 12.0. The fourth-order valence-electron chi connectivity index (χ4n) is 3.81. The normalized spacial score (nSPS) is 12.4. The van der Waals surface area contributed by atoms with Crippen LogP contribution in [0, 0.1) is 5.41 Å². The zero-order valence-corrected chi connectivity index (χ0v) is 20.6. The van der Waals surface area contributed by atoms with Crippen molar-refractivity contribution in [3.8, 4) is 0 Å². The molecule has 0 radical (unpaired) electrons. The highest BCUT2D eigenvalue weighted by Crippen LogP contribution is 2.19. The summed E-state index contributed by atoms with van der Waals surface area (Å²) in [5, 5.41) is 16.2. The van der Waals surface area contributed by atoms with Gasteiger partial charge in [0.2, 0.25) is 17.7 Å². The van der Waals surface area contributed by atoms with Crippen LogP contribution in [-0.2, 0) is 30.3 Å². The first-order chi connectivity index (χ1) is 17.9. The van der Waals surface area contributed by atoms with E-state index in [2.05, 4.69) is 20.9 Å². The van der Waals surface area contributed by atoms with E-state index in [0.717, 1.165) is 16.5 Å². The first-order valence-corrected chi connectivity index (χ1v) is 12.0. The molecule has 0 fully saturated rings. The molecule has 37 heavy (non-hydrogen) atoms. The third kappa shape index (κ3) is 8.11. The Kier molecular flexibility index (Phi) is 10.1. The van der Waals surface area contributed by atoms with Crippen molar-refractivity contribution >= 4 is 46.3 Å². The van der Waals surface area contributed by atoms with Gasteiger partial charge in [0.05, 0.1) is 6.21 Å². The van der Waals surface area contributed by atoms with E-state index in [1.807, 2.05) is 24.3 Å². The molecule has 2 aromatic carbocycles. The molecule has 0 aliphatic rings. The van der Waals surface area contributed by atoms with Crippen molar-refractivity contribution < 1.29 is 23.9 Å². The second kappa shape index (κ2) is 13.7. The molecule has 0 unspecified atom stereocenters. The number of carbonyl (C=O) groups is 4. The first kappa shape index (κ1) is 27.3. The third-order valence-electron chi connectivity index (χ3n) is 5.70. The number of Topliss-reactive ketones (excluding diaryl/α,β-unsaturated/α-hetero) is 1. The van der Waals surface area contributed by atoms with Crippen LogP contribution in [0.1, 0.15) is 25.3 Å². The SMILES string of the molecule is CCOCC(=O)N[C@@H](Cc1c[nH]c2ccccc12)C(=O)N[C@@H](CCC(=O)C=N)C(=O)Nc1ccccc1. The Morgan fingerprint density at radius 2 is 1.70 bits per heavy atom. The van der Waals surface area contributed by atoms with Crippen LogP contribution < -0.4 is 16.0 Å². The van der Waals surface area contributed by atoms with Gasteiger partial charge in [-0.2, -0.15) is 0 Å². The van der Waals surface area contributed by atoms with Crippen LogP contribution in [-0.4, -0.2) is 60.0 Å². The Morgan fingerprint density at radius 3 is 2.43 bits per heavy atom. The van der Waals surface area contributed by atoms with Gasteiger partial charge in [-0.05, 0) is 37.1 Å². The van der Waals surface area contributed by atoms with E-state index >= 15 is 0 Å². The van der Waals surface area contributed by atoms with Crippen LogP contribution in [0.4, 0.5) is 5.69 Å². The smallest absolute Gasteiger partial charge is 0.246 e. The molecule has 10 nitrogen and oxygen atoms in total. The quantitative estimate of drug-likeness (QED) is 0.213. The van der Waals surface area contributed by atoms with Crippen LogP contribution in [0.5, 0.6) is 0 Å². The van der Waals surface area contributed by atoms with E-state index in [9.17, 15) is 19.2 Å². The summed E-state index contributed by atoms with van der Waals surface area (Å²) in [6.07, 6.45) is 2.52. The third-order valence-corrected chi connectivity index (χ3v) is 5.70. The van der Waals surface area contributed by atoms with Gasteiger partial charge in [0.1, 0.15) is 18.7 Å². The van der Waals surface area contributed by atoms with Crippen LogP contribution in [0.3, 0.4) is 0 Å². The molecule has 10 heteroatoms. The number of ketones is 1. The van der Waals surface area contributed by atoms with E-state index in [0.29, 0.717) is 18.5 Å². The van der Waals surface area contributed by atoms with Gasteiger partial charge >= 0.3 is 0 Å². The largest absolute Gasteiger partial charge is 0.372 e. The molecule has 0 aliphatic carbocycles. The fraction of sp³-hybridized carbons (Fsp3) is 0.296. The zero-order valence-electron chi connectivity index (χ0n) is 20.6. The van der Waals surface area contributed by atoms with E-state index in [-0.39, 0.29) is 25.9 Å². The molecule has 5 N–H and O–H groups in total. The minimum atomic E-state index is -1.06. The van der Waals surface area contributed by atoms with Crippen LogP contribution >= 0.6 is 0 Å². The molecule has 0 saturated heterocycles. The lowest BCUT2D eigenvalue weighted by atomic mass is 10.0. The number of carbonyl (C=O) groups excluding carboxylic acids is 4. The van der Waals surface area contributed by atoms with E-state index in [1.165, 1.54) is 0 Å². The number of aromatic amines is 1. The number of hydrogen-bond donors (Lipinski definition) is 5. The van der Waals surface area contributed by atoms with Crippen molar-refractivity contribution in [1.82, 2.24) is 15.6 Å². The van der Waals surface area contributed by atoms with Crippen molar-refractivity contribution in [2.24, 2.45) is 0 Å². The molecule has 1 aromatic heterocycles. The lowest BCUT2D eigenvalue weighted by molar-refractivity contribution is -0.132. The van der Waals surface area contributed by atoms with Gasteiger partial charge < -0.3 is 31.1 Å². The average molecular weight is 506 g/mol. The van der Waals surface area contributed by atoms with Gasteiger partial charge in [-0.3, -0.25) is 19.2 Å². The Bertz CT molecular complexity index is 1240. The number of aromatic nitrogens is 1. The number of hydrogen-bond acceptors (Lipinski definition) is 6. The van der Waals surface area contributed by atoms with Gasteiger partial charge in [-0.15, -0.1) is 0 Å². The summed E-state index contributed by atoms with van der Waals surface area (Å²) in [4.78, 5) is 53.8. The van der Waals surface area contributed by atoms with Gasteiger partial charge in [0.15, 0.2) is 5.78 Å². The number of ether oxygens (including phenoxy) is 1. The molecular weight excluding hydrogens is 474 g/mol. The van der Waals surface area contributed by atoms with Crippen molar-refractivity contribution in [3.05, 3.63) is 66.4 Å². The van der Waals surface area contributed by atoms with Gasteiger partial charge in [-0.25, -0.2) is 0 Å². The number of fused-ring (bicyclic) bond motifs is 1. The molecule has 0 saturated carbocycles. The number of para-hydroxylation sites is 2. The summed E-state index contributed by atoms with van der Waals surface area (Å²) in [6, 6.07) is 14.2. The second-order valence-corrected chi connectivity index (χ2v) is 8.39. The van der Waals surface area contributed by atoms with Gasteiger partial charge in [-0.1, -0.05) is 36.4 Å². The summed E-state index contributed by atoms with van der Waals surface area (Å²) in [5.41, 5.74) is 2.24. The standard InChI is InChI=1S/C27H31N5O5/c1-2-37-17-25(34)31-24(14-18-16-29-22-11-7-6-10-21(18)22)27(36)32-23(13-12-20(33)15-28)26(35)30-19-8-4-3-5-9-19/h3-11,15-16,23-24,28-29H,2,12-14,17H2,1H3,(H,30,35)(H,31,34)(H,32,36)/t23-,24-/m0/s1. The van der Waals surface area contributed by atoms with Crippen molar-refractivity contribution in [1.29, 1.82) is 5.41 Å². The van der Waals surface area contributed by atoms with Crippen molar-refractivity contribution in [2.75, 3.05) is 18.5 Å². The highest BCUT2D eigenvalue weighted by Gasteiger charge is 2.28. The fourth-order valence-corrected chi connectivity index (χ4v) is 3.81. The average Bonchev–Trinajstić information content (AvgIpc) is 3.32. The summed E-state index contributed by atoms with van der Waals surface area (Å²) in [7, 11) is 0. The predicted octanol–water partition coefficient (Wildman–Crippen LogP) is 2.35. The summed E-state index contributed by atoms with van der Waals surface area (Å²) >= 11 is 0. The summed E-state index contributed by atoms with van der Waals surface area (Å²) in [6.45, 7) is 1.89. The highest BCUT2D eigenvalue weighted by atomic mass is 16.5. The number of benzene rings is 2. The molecule has 3 rings (SSSR count).